The number of aliphatic hydroxyl groups excluding tert-OH is 3. The Labute approximate surface area is 140 Å². The molecule has 4 unspecified atom stereocenters. The smallest absolute Gasteiger partial charge is 0.299 e. The Bertz CT molecular complexity index is 862. The molecule has 3 heterocycles. The molecule has 25 heavy (non-hydrogen) atoms. The molecule has 1 saturated heterocycles. The Morgan fingerprint density at radius 3 is 2.68 bits per heavy atom. The number of aliphatic hydroxyl groups is 3. The second-order valence-electron chi connectivity index (χ2n) is 5.76. The summed E-state index contributed by atoms with van der Waals surface area (Å²) in [5.41, 5.74) is 5.38. The fourth-order valence-electron chi connectivity index (χ4n) is 2.82. The lowest BCUT2D eigenvalue weighted by Crippen LogP contribution is -2.38. The topological polar surface area (TPSA) is 185 Å². The van der Waals surface area contributed by atoms with Gasteiger partial charge in [-0.25, -0.2) is 0 Å². The van der Waals surface area contributed by atoms with Crippen LogP contribution in [0.3, 0.4) is 0 Å². The highest BCUT2D eigenvalue weighted by molar-refractivity contribution is 5.89. The van der Waals surface area contributed by atoms with E-state index in [1.54, 1.807) is 0 Å². The molecule has 4 atom stereocenters. The van der Waals surface area contributed by atoms with Crippen LogP contribution >= 0.6 is 0 Å². The summed E-state index contributed by atoms with van der Waals surface area (Å²) in [4.78, 5) is 12.8. The lowest BCUT2D eigenvalue weighted by molar-refractivity contribution is -0.0619. The third-order valence-electron chi connectivity index (χ3n) is 4.06. The zero-order chi connectivity index (χ0) is 18.3. The van der Waals surface area contributed by atoms with Gasteiger partial charge in [-0.2, -0.15) is 14.5 Å². The SMILES string of the molecule is CCCc1nn(C(=N)N)c2c(=O)n(C3OC(CO)C(O)C3O)nnc12. The summed E-state index contributed by atoms with van der Waals surface area (Å²) in [7, 11) is 0. The standard InChI is InChI=1S/C13H19N7O5/c1-2-3-5-7-8(19(17-5)13(14)15)11(24)20(18-16-7)12-10(23)9(22)6(4-21)25-12/h6,9-10,12,21-23H,2-4H2,1H3,(H3,14,15). The second-order valence-corrected chi connectivity index (χ2v) is 5.76. The van der Waals surface area contributed by atoms with Crippen molar-refractivity contribution in [2.24, 2.45) is 5.73 Å². The van der Waals surface area contributed by atoms with Crippen molar-refractivity contribution in [2.45, 2.75) is 44.3 Å². The van der Waals surface area contributed by atoms with E-state index < -0.39 is 42.7 Å². The largest absolute Gasteiger partial charge is 0.394 e. The normalized spacial score (nSPS) is 26.4. The summed E-state index contributed by atoms with van der Waals surface area (Å²) >= 11 is 0. The van der Waals surface area contributed by atoms with Crippen molar-refractivity contribution in [3.63, 3.8) is 0 Å². The van der Waals surface area contributed by atoms with Gasteiger partial charge < -0.3 is 25.8 Å². The third kappa shape index (κ3) is 2.68. The molecule has 0 aliphatic carbocycles. The number of nitrogens with one attached hydrogen (secondary N) is 1. The van der Waals surface area contributed by atoms with E-state index in [1.165, 1.54) is 0 Å². The first-order valence-corrected chi connectivity index (χ1v) is 7.74. The van der Waals surface area contributed by atoms with Crippen LogP contribution in [0.25, 0.3) is 11.0 Å². The number of aryl methyl sites for hydroxylation is 1. The number of hydrogen-bond acceptors (Lipinski definition) is 9. The summed E-state index contributed by atoms with van der Waals surface area (Å²) in [6, 6.07) is 0. The van der Waals surface area contributed by atoms with E-state index >= 15 is 0 Å². The highest BCUT2D eigenvalue weighted by atomic mass is 16.6. The van der Waals surface area contributed by atoms with E-state index in [1.807, 2.05) is 6.92 Å². The molecule has 1 aliphatic rings. The molecule has 0 aromatic carbocycles. The molecule has 3 rings (SSSR count). The maximum Gasteiger partial charge on any atom is 0.299 e. The van der Waals surface area contributed by atoms with Crippen molar-refractivity contribution in [1.82, 2.24) is 24.8 Å². The quantitative estimate of drug-likeness (QED) is 0.288. The van der Waals surface area contributed by atoms with Gasteiger partial charge in [-0.05, 0) is 6.42 Å². The van der Waals surface area contributed by atoms with Crippen LogP contribution in [0.2, 0.25) is 0 Å². The van der Waals surface area contributed by atoms with E-state index in [4.69, 9.17) is 21.0 Å². The monoisotopic (exact) mass is 353 g/mol. The molecule has 12 heteroatoms. The van der Waals surface area contributed by atoms with E-state index in [9.17, 15) is 15.0 Å². The van der Waals surface area contributed by atoms with Crippen molar-refractivity contribution in [3.8, 4) is 0 Å². The molecular weight excluding hydrogens is 334 g/mol. The number of nitrogens with two attached hydrogens (primary N) is 1. The van der Waals surface area contributed by atoms with Gasteiger partial charge in [-0.3, -0.25) is 10.2 Å². The van der Waals surface area contributed by atoms with Gasteiger partial charge in [0.2, 0.25) is 5.96 Å². The zero-order valence-corrected chi connectivity index (χ0v) is 13.4. The molecule has 6 N–H and O–H groups in total. The van der Waals surface area contributed by atoms with Gasteiger partial charge in [0.1, 0.15) is 23.8 Å². The fraction of sp³-hybridized carbons (Fsp3) is 0.615. The molecule has 12 nitrogen and oxygen atoms in total. The number of ether oxygens (including phenoxy) is 1. The van der Waals surface area contributed by atoms with Gasteiger partial charge in [0.05, 0.1) is 12.3 Å². The van der Waals surface area contributed by atoms with Gasteiger partial charge in [-0.1, -0.05) is 18.6 Å². The van der Waals surface area contributed by atoms with Crippen LogP contribution in [0.4, 0.5) is 0 Å². The van der Waals surface area contributed by atoms with Gasteiger partial charge in [0.15, 0.2) is 11.7 Å². The molecule has 2 aromatic rings. The lowest BCUT2D eigenvalue weighted by atomic mass is 10.1. The Morgan fingerprint density at radius 2 is 2.12 bits per heavy atom. The van der Waals surface area contributed by atoms with Crippen molar-refractivity contribution in [1.29, 1.82) is 5.41 Å². The minimum absolute atomic E-state index is 0.0660. The maximum atomic E-state index is 12.8. The average Bonchev–Trinajstić information content (AvgIpc) is 3.09. The molecule has 0 spiro atoms. The van der Waals surface area contributed by atoms with Crippen LogP contribution in [0, 0.1) is 5.41 Å². The van der Waals surface area contributed by atoms with Crippen molar-refractivity contribution < 1.29 is 20.1 Å². The van der Waals surface area contributed by atoms with Crippen LogP contribution in [0.5, 0.6) is 0 Å². The molecule has 0 bridgehead atoms. The van der Waals surface area contributed by atoms with E-state index in [0.717, 1.165) is 15.8 Å². The van der Waals surface area contributed by atoms with Gasteiger partial charge in [0, 0.05) is 0 Å². The first-order valence-electron chi connectivity index (χ1n) is 7.74. The van der Waals surface area contributed by atoms with Gasteiger partial charge in [-0.15, -0.1) is 5.10 Å². The Kier molecular flexibility index (Phi) is 4.51. The number of rotatable bonds is 4. The Hall–Kier alpha value is -2.41. The van der Waals surface area contributed by atoms with Gasteiger partial charge >= 0.3 is 0 Å². The first-order chi connectivity index (χ1) is 11.9. The number of nitrogen functional groups attached to an aromatic ring is 1. The van der Waals surface area contributed by atoms with Crippen molar-refractivity contribution in [2.75, 3.05) is 6.61 Å². The molecule has 2 aromatic heterocycles. The molecule has 136 valence electrons. The maximum absolute atomic E-state index is 12.8. The molecule has 1 fully saturated rings. The summed E-state index contributed by atoms with van der Waals surface area (Å²) in [6.07, 6.45) is -4.00. The molecule has 0 amide bonds. The number of hydrogen-bond donors (Lipinski definition) is 5. The lowest BCUT2D eigenvalue weighted by Gasteiger charge is -2.15. The number of nitrogens with zero attached hydrogens (tertiary/aromatic N) is 5. The van der Waals surface area contributed by atoms with Gasteiger partial charge in [0.25, 0.3) is 5.56 Å². The minimum atomic E-state index is -1.48. The number of fused-ring (bicyclic) bond motifs is 1. The Balaban J connectivity index is 2.16. The highest BCUT2D eigenvalue weighted by Crippen LogP contribution is 2.27. The zero-order valence-electron chi connectivity index (χ0n) is 13.4. The average molecular weight is 353 g/mol. The van der Waals surface area contributed by atoms with Crippen molar-refractivity contribution >= 4 is 17.0 Å². The summed E-state index contributed by atoms with van der Waals surface area (Å²) in [5, 5.41) is 48.5. The summed E-state index contributed by atoms with van der Waals surface area (Å²) in [5.74, 6) is -0.467. The van der Waals surface area contributed by atoms with E-state index in [2.05, 4.69) is 15.4 Å². The van der Waals surface area contributed by atoms with Crippen molar-refractivity contribution in [3.05, 3.63) is 16.0 Å². The minimum Gasteiger partial charge on any atom is -0.394 e. The highest BCUT2D eigenvalue weighted by Gasteiger charge is 2.44. The molecular formula is C13H19N7O5. The van der Waals surface area contributed by atoms with E-state index in [0.29, 0.717) is 12.1 Å². The van der Waals surface area contributed by atoms with Crippen LogP contribution in [0.1, 0.15) is 25.3 Å². The van der Waals surface area contributed by atoms with Crippen LogP contribution in [0.15, 0.2) is 4.79 Å². The van der Waals surface area contributed by atoms with Crippen LogP contribution < -0.4 is 11.3 Å². The number of aromatic nitrogens is 5. The van der Waals surface area contributed by atoms with E-state index in [-0.39, 0.29) is 11.0 Å². The predicted octanol–water partition coefficient (Wildman–Crippen LogP) is -2.71. The summed E-state index contributed by atoms with van der Waals surface area (Å²) < 4.78 is 7.01. The molecule has 0 radical (unpaired) electrons. The first kappa shape index (κ1) is 17.4. The Morgan fingerprint density at radius 1 is 1.40 bits per heavy atom. The van der Waals surface area contributed by atoms with Crippen LogP contribution in [-0.4, -0.2) is 71.0 Å². The van der Waals surface area contributed by atoms with Crippen LogP contribution in [-0.2, 0) is 11.2 Å². The third-order valence-corrected chi connectivity index (χ3v) is 4.06. The predicted molar refractivity (Wildman–Crippen MR) is 83.9 cm³/mol. The second kappa shape index (κ2) is 6.48. The fourth-order valence-corrected chi connectivity index (χ4v) is 2.82. The summed E-state index contributed by atoms with van der Waals surface area (Å²) in [6.45, 7) is 1.39. The molecule has 1 aliphatic heterocycles. The molecule has 0 saturated carbocycles.